The van der Waals surface area contributed by atoms with Crippen molar-refractivity contribution in [1.82, 2.24) is 14.9 Å². The second-order valence-electron chi connectivity index (χ2n) is 8.46. The minimum Gasteiger partial charge on any atom is -0.497 e. The number of anilines is 1. The number of hydrogen-bond donors (Lipinski definition) is 1. The number of aromatic nitrogens is 2. The van der Waals surface area contributed by atoms with Crippen LogP contribution < -0.4 is 15.2 Å². The number of fused-ring (bicyclic) bond motifs is 3. The molecular weight excluding hydrogens is 456 g/mol. The lowest BCUT2D eigenvalue weighted by Crippen LogP contribution is -2.36. The van der Waals surface area contributed by atoms with Crippen LogP contribution in [0.2, 0.25) is 0 Å². The van der Waals surface area contributed by atoms with E-state index in [1.54, 1.807) is 18.4 Å². The van der Waals surface area contributed by atoms with Crippen molar-refractivity contribution < 1.29 is 9.53 Å². The fourth-order valence-electron chi connectivity index (χ4n) is 4.66. The number of methoxy groups -OCH3 is 1. The largest absolute Gasteiger partial charge is 0.497 e. The van der Waals surface area contributed by atoms with Crippen LogP contribution in [-0.4, -0.2) is 59.8 Å². The van der Waals surface area contributed by atoms with Gasteiger partial charge in [0.2, 0.25) is 5.91 Å². The van der Waals surface area contributed by atoms with Gasteiger partial charge in [0.05, 0.1) is 24.0 Å². The van der Waals surface area contributed by atoms with Crippen LogP contribution in [0.25, 0.3) is 10.2 Å². The van der Waals surface area contributed by atoms with Gasteiger partial charge in [0, 0.05) is 36.7 Å². The molecule has 1 fully saturated rings. The van der Waals surface area contributed by atoms with E-state index in [9.17, 15) is 9.59 Å². The van der Waals surface area contributed by atoms with E-state index in [0.717, 1.165) is 67.0 Å². The van der Waals surface area contributed by atoms with E-state index in [1.807, 2.05) is 17.0 Å². The van der Waals surface area contributed by atoms with Crippen molar-refractivity contribution in [3.8, 4) is 5.75 Å². The minimum atomic E-state index is -0.0348. The highest BCUT2D eigenvalue weighted by molar-refractivity contribution is 7.99. The summed E-state index contributed by atoms with van der Waals surface area (Å²) in [5, 5.41) is 0.781. The van der Waals surface area contributed by atoms with Crippen molar-refractivity contribution in [1.29, 1.82) is 0 Å². The highest BCUT2D eigenvalue weighted by Crippen LogP contribution is 2.34. The van der Waals surface area contributed by atoms with Gasteiger partial charge in [-0.1, -0.05) is 0 Å². The molecule has 2 aliphatic rings. The number of thioether (sulfide) groups is 1. The fourth-order valence-corrected chi connectivity index (χ4v) is 6.73. The van der Waals surface area contributed by atoms with Gasteiger partial charge in [-0.3, -0.25) is 9.59 Å². The number of aromatic amines is 1. The van der Waals surface area contributed by atoms with Crippen LogP contribution in [0.5, 0.6) is 5.75 Å². The molecule has 3 aromatic rings. The van der Waals surface area contributed by atoms with E-state index in [2.05, 4.69) is 27.0 Å². The van der Waals surface area contributed by atoms with Gasteiger partial charge >= 0.3 is 0 Å². The Hall–Kier alpha value is -2.52. The fraction of sp³-hybridized carbons (Fsp3) is 0.458. The Bertz CT molecular complexity index is 1200. The zero-order chi connectivity index (χ0) is 22.8. The number of hydrogen-bond acceptors (Lipinski definition) is 7. The second-order valence-corrected chi connectivity index (χ2v) is 10.5. The van der Waals surface area contributed by atoms with E-state index >= 15 is 0 Å². The average Bonchev–Trinajstić information content (AvgIpc) is 3.31. The van der Waals surface area contributed by atoms with Crippen LogP contribution in [0.4, 0.5) is 5.69 Å². The van der Waals surface area contributed by atoms with Gasteiger partial charge < -0.3 is 19.5 Å². The van der Waals surface area contributed by atoms with Gasteiger partial charge in [0.25, 0.3) is 5.56 Å². The van der Waals surface area contributed by atoms with E-state index in [-0.39, 0.29) is 11.5 Å². The summed E-state index contributed by atoms with van der Waals surface area (Å²) in [6, 6.07) is 8.08. The number of aryl methyl sites for hydroxylation is 2. The third-order valence-electron chi connectivity index (χ3n) is 6.37. The molecule has 1 N–H and O–H groups in total. The summed E-state index contributed by atoms with van der Waals surface area (Å²) in [6.07, 6.45) is 4.11. The lowest BCUT2D eigenvalue weighted by atomic mass is 10.2. The lowest BCUT2D eigenvalue weighted by molar-refractivity contribution is -0.128. The molecule has 1 aromatic carbocycles. The quantitative estimate of drug-likeness (QED) is 0.577. The number of thiophene rings is 1. The van der Waals surface area contributed by atoms with Gasteiger partial charge in [-0.2, -0.15) is 0 Å². The zero-order valence-electron chi connectivity index (χ0n) is 18.8. The molecule has 2 aromatic heterocycles. The molecule has 0 atom stereocenters. The SMILES string of the molecule is COc1ccc(N2CCCN(C(=O)CSCc3nc4sc5c(c4c(=O)[nH]3)CCC5)CC2)cc1. The van der Waals surface area contributed by atoms with E-state index in [1.165, 1.54) is 22.2 Å². The van der Waals surface area contributed by atoms with Gasteiger partial charge in [-0.15, -0.1) is 23.1 Å². The number of nitrogens with one attached hydrogen (secondary N) is 1. The number of ether oxygens (including phenoxy) is 1. The monoisotopic (exact) mass is 484 g/mol. The first-order valence-electron chi connectivity index (χ1n) is 11.4. The molecule has 9 heteroatoms. The molecule has 7 nitrogen and oxygen atoms in total. The molecule has 3 heterocycles. The molecular formula is C24H28N4O3S2. The van der Waals surface area contributed by atoms with Crippen LogP contribution in [0, 0.1) is 0 Å². The number of carbonyl (C=O) groups excluding carboxylic acids is 1. The van der Waals surface area contributed by atoms with Crippen LogP contribution in [-0.2, 0) is 23.4 Å². The third-order valence-corrected chi connectivity index (χ3v) is 8.49. The minimum absolute atomic E-state index is 0.0348. The summed E-state index contributed by atoms with van der Waals surface area (Å²) >= 11 is 3.17. The molecule has 33 heavy (non-hydrogen) atoms. The van der Waals surface area contributed by atoms with Crippen molar-refractivity contribution in [2.45, 2.75) is 31.4 Å². The molecule has 1 aliphatic carbocycles. The Morgan fingerprint density at radius 2 is 2.00 bits per heavy atom. The van der Waals surface area contributed by atoms with Crippen LogP contribution in [0.1, 0.15) is 29.1 Å². The maximum Gasteiger partial charge on any atom is 0.259 e. The van der Waals surface area contributed by atoms with Crippen LogP contribution in [0.15, 0.2) is 29.1 Å². The number of H-pyrrole nitrogens is 1. The van der Waals surface area contributed by atoms with Crippen molar-refractivity contribution in [2.75, 3.05) is 43.9 Å². The summed E-state index contributed by atoms with van der Waals surface area (Å²) in [5.74, 6) is 2.58. The summed E-state index contributed by atoms with van der Waals surface area (Å²) in [6.45, 7) is 3.23. The summed E-state index contributed by atoms with van der Waals surface area (Å²) in [7, 11) is 1.67. The maximum absolute atomic E-state index is 12.8. The predicted octanol–water partition coefficient (Wildman–Crippen LogP) is 3.45. The van der Waals surface area contributed by atoms with Crippen LogP contribution in [0.3, 0.4) is 0 Å². The summed E-state index contributed by atoms with van der Waals surface area (Å²) < 4.78 is 5.24. The molecule has 1 amide bonds. The Morgan fingerprint density at radius 3 is 2.82 bits per heavy atom. The normalized spacial score (nSPS) is 16.2. The first-order valence-corrected chi connectivity index (χ1v) is 13.4. The molecule has 1 saturated heterocycles. The molecule has 0 unspecified atom stereocenters. The topological polar surface area (TPSA) is 78.5 Å². The van der Waals surface area contributed by atoms with Gasteiger partial charge in [0.1, 0.15) is 16.4 Å². The van der Waals surface area contributed by atoms with Gasteiger partial charge in [-0.05, 0) is 55.5 Å². The van der Waals surface area contributed by atoms with Crippen molar-refractivity contribution in [3.05, 3.63) is 50.9 Å². The second kappa shape index (κ2) is 9.77. The Balaban J connectivity index is 1.15. The molecule has 1 aliphatic heterocycles. The highest BCUT2D eigenvalue weighted by atomic mass is 32.2. The Kier molecular flexibility index (Phi) is 6.59. The summed E-state index contributed by atoms with van der Waals surface area (Å²) in [5.41, 5.74) is 2.32. The summed E-state index contributed by atoms with van der Waals surface area (Å²) in [4.78, 5) is 39.5. The van der Waals surface area contributed by atoms with Gasteiger partial charge in [-0.25, -0.2) is 4.98 Å². The first-order chi connectivity index (χ1) is 16.1. The third kappa shape index (κ3) is 4.75. The Morgan fingerprint density at radius 1 is 1.15 bits per heavy atom. The standard InChI is InChI=1S/C24H28N4O3S2/c1-31-17-8-6-16(7-9-17)27-10-3-11-28(13-12-27)21(29)15-32-14-20-25-23(30)22-18-4-2-5-19(18)33-24(22)26-20/h6-9H,2-5,10-15H2,1H3,(H,25,26,30). The molecule has 0 radical (unpaired) electrons. The van der Waals surface area contributed by atoms with E-state index in [4.69, 9.17) is 4.74 Å². The lowest BCUT2D eigenvalue weighted by Gasteiger charge is -2.24. The number of rotatable bonds is 6. The molecule has 174 valence electrons. The van der Waals surface area contributed by atoms with Gasteiger partial charge in [0.15, 0.2) is 0 Å². The molecule has 0 bridgehead atoms. The van der Waals surface area contributed by atoms with Crippen molar-refractivity contribution >= 4 is 44.9 Å². The smallest absolute Gasteiger partial charge is 0.259 e. The Labute approximate surface area is 201 Å². The highest BCUT2D eigenvalue weighted by Gasteiger charge is 2.22. The maximum atomic E-state index is 12.8. The average molecular weight is 485 g/mol. The zero-order valence-corrected chi connectivity index (χ0v) is 20.4. The molecule has 5 rings (SSSR count). The van der Waals surface area contributed by atoms with E-state index < -0.39 is 0 Å². The number of carbonyl (C=O) groups is 1. The van der Waals surface area contributed by atoms with E-state index in [0.29, 0.717) is 23.9 Å². The number of benzene rings is 1. The number of amides is 1. The number of nitrogens with zero attached hydrogens (tertiary/aromatic N) is 3. The van der Waals surface area contributed by atoms with Crippen molar-refractivity contribution in [2.24, 2.45) is 0 Å². The first kappa shape index (κ1) is 22.3. The molecule has 0 spiro atoms. The van der Waals surface area contributed by atoms with Crippen LogP contribution >= 0.6 is 23.1 Å². The van der Waals surface area contributed by atoms with Crippen molar-refractivity contribution in [3.63, 3.8) is 0 Å². The molecule has 0 saturated carbocycles. The predicted molar refractivity (Wildman–Crippen MR) is 135 cm³/mol.